The van der Waals surface area contributed by atoms with Crippen LogP contribution in [0.5, 0.6) is 0 Å². The van der Waals surface area contributed by atoms with Crippen molar-refractivity contribution in [1.82, 2.24) is 14.6 Å². The predicted octanol–water partition coefficient (Wildman–Crippen LogP) is 1.77. The van der Waals surface area contributed by atoms with Gasteiger partial charge in [0.2, 0.25) is 0 Å². The number of nitro groups is 1. The van der Waals surface area contributed by atoms with Gasteiger partial charge < -0.3 is 9.72 Å². The Morgan fingerprint density at radius 2 is 2.17 bits per heavy atom. The SMILES string of the molecule is CCOC(=O)c1cc2[nH]c(-c3cccc([N+](=O)[O-])c3)cc(=O)n2n1. The van der Waals surface area contributed by atoms with Gasteiger partial charge in [-0.3, -0.25) is 14.9 Å². The van der Waals surface area contributed by atoms with Gasteiger partial charge in [0.1, 0.15) is 5.65 Å². The zero-order valence-corrected chi connectivity index (χ0v) is 12.6. The van der Waals surface area contributed by atoms with Crippen molar-refractivity contribution >= 4 is 17.3 Å². The lowest BCUT2D eigenvalue weighted by Crippen LogP contribution is -2.15. The first-order chi connectivity index (χ1) is 11.5. The van der Waals surface area contributed by atoms with E-state index < -0.39 is 16.5 Å². The van der Waals surface area contributed by atoms with Gasteiger partial charge in [0.15, 0.2) is 5.69 Å². The molecule has 0 unspecified atom stereocenters. The number of non-ortho nitro benzene ring substituents is 1. The molecule has 0 aliphatic rings. The maximum Gasteiger partial charge on any atom is 0.358 e. The highest BCUT2D eigenvalue weighted by atomic mass is 16.6. The van der Waals surface area contributed by atoms with Crippen LogP contribution in [-0.2, 0) is 4.74 Å². The van der Waals surface area contributed by atoms with Gasteiger partial charge in [0, 0.05) is 29.8 Å². The molecule has 122 valence electrons. The topological polar surface area (TPSA) is 120 Å². The number of aromatic nitrogens is 3. The van der Waals surface area contributed by atoms with E-state index in [2.05, 4.69) is 10.1 Å². The molecule has 3 aromatic rings. The van der Waals surface area contributed by atoms with E-state index in [1.54, 1.807) is 13.0 Å². The van der Waals surface area contributed by atoms with Crippen molar-refractivity contribution in [2.75, 3.05) is 6.61 Å². The zero-order valence-electron chi connectivity index (χ0n) is 12.6. The number of fused-ring (bicyclic) bond motifs is 1. The fourth-order valence-corrected chi connectivity index (χ4v) is 2.24. The summed E-state index contributed by atoms with van der Waals surface area (Å²) < 4.78 is 5.88. The van der Waals surface area contributed by atoms with Gasteiger partial charge in [0.25, 0.3) is 11.2 Å². The molecule has 0 saturated carbocycles. The molecule has 0 amide bonds. The van der Waals surface area contributed by atoms with Gasteiger partial charge in [-0.1, -0.05) is 12.1 Å². The Kier molecular flexibility index (Phi) is 3.82. The Balaban J connectivity index is 2.11. The molecule has 0 radical (unpaired) electrons. The molecule has 3 rings (SSSR count). The predicted molar refractivity (Wildman–Crippen MR) is 83.9 cm³/mol. The number of nitrogens with zero attached hydrogens (tertiary/aromatic N) is 3. The van der Waals surface area contributed by atoms with Crippen molar-refractivity contribution in [3.05, 3.63) is 62.6 Å². The highest BCUT2D eigenvalue weighted by molar-refractivity contribution is 5.88. The highest BCUT2D eigenvalue weighted by Gasteiger charge is 2.15. The molecule has 24 heavy (non-hydrogen) atoms. The van der Waals surface area contributed by atoms with Crippen molar-refractivity contribution in [3.8, 4) is 11.3 Å². The van der Waals surface area contributed by atoms with E-state index in [1.807, 2.05) is 0 Å². The maximum atomic E-state index is 12.2. The van der Waals surface area contributed by atoms with Crippen LogP contribution in [0.25, 0.3) is 16.9 Å². The molecule has 0 saturated heterocycles. The second-order valence-electron chi connectivity index (χ2n) is 4.88. The quantitative estimate of drug-likeness (QED) is 0.443. The second-order valence-corrected chi connectivity index (χ2v) is 4.88. The van der Waals surface area contributed by atoms with Crippen molar-refractivity contribution in [2.45, 2.75) is 6.92 Å². The Morgan fingerprint density at radius 1 is 1.38 bits per heavy atom. The van der Waals surface area contributed by atoms with Crippen LogP contribution in [0.2, 0.25) is 0 Å². The summed E-state index contributed by atoms with van der Waals surface area (Å²) in [6, 6.07) is 8.52. The Bertz CT molecular complexity index is 1000. The molecule has 0 atom stereocenters. The van der Waals surface area contributed by atoms with Gasteiger partial charge >= 0.3 is 5.97 Å². The lowest BCUT2D eigenvalue weighted by atomic mass is 10.1. The first-order valence-corrected chi connectivity index (χ1v) is 7.04. The van der Waals surface area contributed by atoms with Gasteiger partial charge in [-0.25, -0.2) is 4.79 Å². The normalized spacial score (nSPS) is 10.7. The molecule has 0 fully saturated rings. The van der Waals surface area contributed by atoms with Crippen molar-refractivity contribution in [2.24, 2.45) is 0 Å². The third-order valence-corrected chi connectivity index (χ3v) is 3.30. The number of ether oxygens (including phenoxy) is 1. The fourth-order valence-electron chi connectivity index (χ4n) is 2.24. The van der Waals surface area contributed by atoms with E-state index in [0.29, 0.717) is 11.3 Å². The van der Waals surface area contributed by atoms with Gasteiger partial charge in [-0.2, -0.15) is 9.61 Å². The number of H-pyrrole nitrogens is 1. The fraction of sp³-hybridized carbons (Fsp3) is 0.133. The molecule has 9 heteroatoms. The maximum absolute atomic E-state index is 12.2. The smallest absolute Gasteiger partial charge is 0.358 e. The van der Waals surface area contributed by atoms with Crippen LogP contribution in [-0.4, -0.2) is 32.1 Å². The first kappa shape index (κ1) is 15.4. The molecule has 0 bridgehead atoms. The molecular formula is C15H12N4O5. The number of carbonyl (C=O) groups excluding carboxylic acids is 1. The van der Waals surface area contributed by atoms with E-state index in [0.717, 1.165) is 4.52 Å². The van der Waals surface area contributed by atoms with E-state index in [9.17, 15) is 19.7 Å². The Morgan fingerprint density at radius 3 is 2.88 bits per heavy atom. The largest absolute Gasteiger partial charge is 0.461 e. The summed E-state index contributed by atoms with van der Waals surface area (Å²) in [4.78, 5) is 37.2. The number of rotatable bonds is 4. The summed E-state index contributed by atoms with van der Waals surface area (Å²) in [7, 11) is 0. The first-order valence-electron chi connectivity index (χ1n) is 7.04. The number of nitrogens with one attached hydrogen (secondary N) is 1. The summed E-state index contributed by atoms with van der Waals surface area (Å²) >= 11 is 0. The molecule has 0 aliphatic heterocycles. The number of benzene rings is 1. The number of hydrogen-bond donors (Lipinski definition) is 1. The Hall–Kier alpha value is -3.49. The van der Waals surface area contributed by atoms with Crippen molar-refractivity contribution in [1.29, 1.82) is 0 Å². The van der Waals surface area contributed by atoms with Gasteiger partial charge in [-0.15, -0.1) is 0 Å². The minimum absolute atomic E-state index is 0.00129. The lowest BCUT2D eigenvalue weighted by molar-refractivity contribution is -0.384. The third kappa shape index (κ3) is 2.74. The summed E-state index contributed by atoms with van der Waals surface area (Å²) in [5.41, 5.74) is 0.581. The molecule has 1 aromatic carbocycles. The number of nitro benzene ring substituents is 1. The minimum Gasteiger partial charge on any atom is -0.461 e. The monoisotopic (exact) mass is 328 g/mol. The van der Waals surface area contributed by atoms with Crippen LogP contribution in [0.4, 0.5) is 5.69 Å². The minimum atomic E-state index is -0.633. The van der Waals surface area contributed by atoms with E-state index in [4.69, 9.17) is 4.74 Å². The van der Waals surface area contributed by atoms with Crippen molar-refractivity contribution < 1.29 is 14.5 Å². The number of carbonyl (C=O) groups is 1. The molecule has 0 aliphatic carbocycles. The van der Waals surface area contributed by atoms with E-state index in [-0.39, 0.29) is 23.6 Å². The van der Waals surface area contributed by atoms with E-state index >= 15 is 0 Å². The molecule has 2 aromatic heterocycles. The highest BCUT2D eigenvalue weighted by Crippen LogP contribution is 2.21. The average Bonchev–Trinajstić information content (AvgIpc) is 3.00. The standard InChI is InChI=1S/C15H12N4O5/c1-2-24-15(21)12-7-13-16-11(8-14(20)18(13)17-12)9-4-3-5-10(6-9)19(22)23/h3-8,16H,2H2,1H3. The third-order valence-electron chi connectivity index (χ3n) is 3.30. The zero-order chi connectivity index (χ0) is 17.3. The lowest BCUT2D eigenvalue weighted by Gasteiger charge is -2.02. The van der Waals surface area contributed by atoms with Crippen LogP contribution >= 0.6 is 0 Å². The summed E-state index contributed by atoms with van der Waals surface area (Å²) in [5, 5.41) is 14.8. The number of aromatic amines is 1. The molecule has 1 N–H and O–H groups in total. The molecule has 0 spiro atoms. The van der Waals surface area contributed by atoms with Crippen LogP contribution in [0, 0.1) is 10.1 Å². The molecule has 2 heterocycles. The van der Waals surface area contributed by atoms with Crippen LogP contribution in [0.15, 0.2) is 41.2 Å². The molecule has 9 nitrogen and oxygen atoms in total. The average molecular weight is 328 g/mol. The number of hydrogen-bond acceptors (Lipinski definition) is 6. The second kappa shape index (κ2) is 5.95. The Labute approximate surface area is 134 Å². The van der Waals surface area contributed by atoms with Crippen molar-refractivity contribution in [3.63, 3.8) is 0 Å². The summed E-state index contributed by atoms with van der Waals surface area (Å²) in [6.45, 7) is 1.86. The van der Waals surface area contributed by atoms with Crippen LogP contribution in [0.1, 0.15) is 17.4 Å². The van der Waals surface area contributed by atoms with E-state index in [1.165, 1.54) is 30.3 Å². The summed E-state index contributed by atoms with van der Waals surface area (Å²) in [5.74, 6) is -0.633. The van der Waals surface area contributed by atoms with Gasteiger partial charge in [0.05, 0.1) is 17.2 Å². The summed E-state index contributed by atoms with van der Waals surface area (Å²) in [6.07, 6.45) is 0. The number of esters is 1. The van der Waals surface area contributed by atoms with Crippen LogP contribution < -0.4 is 5.56 Å². The molecular weight excluding hydrogens is 316 g/mol. The van der Waals surface area contributed by atoms with Gasteiger partial charge in [-0.05, 0) is 6.92 Å². The van der Waals surface area contributed by atoms with Crippen LogP contribution in [0.3, 0.4) is 0 Å².